The van der Waals surface area contributed by atoms with Gasteiger partial charge in [0.1, 0.15) is 12.1 Å². The molecule has 2 saturated heterocycles. The van der Waals surface area contributed by atoms with Crippen molar-refractivity contribution >= 4 is 11.9 Å². The monoisotopic (exact) mass is 326 g/mol. The van der Waals surface area contributed by atoms with E-state index in [1.807, 2.05) is 0 Å². The summed E-state index contributed by atoms with van der Waals surface area (Å²) >= 11 is 0. The Labute approximate surface area is 138 Å². The highest BCUT2D eigenvalue weighted by atomic mass is 16.4. The van der Waals surface area contributed by atoms with Crippen molar-refractivity contribution in [3.8, 4) is 0 Å². The maximum Gasteiger partial charge on any atom is 0.320 e. The van der Waals surface area contributed by atoms with Crippen molar-refractivity contribution in [3.63, 3.8) is 0 Å². The molecule has 0 unspecified atom stereocenters. The van der Waals surface area contributed by atoms with E-state index >= 15 is 0 Å². The molecule has 132 valence electrons. The number of unbranched alkanes of at least 4 members (excludes halogenated alkanes) is 4. The third-order valence-electron chi connectivity index (χ3n) is 5.19. The molecular weight excluding hydrogens is 296 g/mol. The fourth-order valence-corrected chi connectivity index (χ4v) is 3.91. The highest BCUT2D eigenvalue weighted by Gasteiger charge is 2.30. The molecule has 2 rings (SSSR count). The lowest BCUT2D eigenvalue weighted by molar-refractivity contribution is -0.143. The topological polar surface area (TPSA) is 81.1 Å². The van der Waals surface area contributed by atoms with Crippen molar-refractivity contribution in [1.29, 1.82) is 0 Å². The summed E-state index contributed by atoms with van der Waals surface area (Å²) in [6.45, 7) is 3.62. The van der Waals surface area contributed by atoms with Gasteiger partial charge in [0, 0.05) is 0 Å². The minimum atomic E-state index is -0.680. The van der Waals surface area contributed by atoms with Crippen molar-refractivity contribution in [2.75, 3.05) is 26.2 Å². The summed E-state index contributed by atoms with van der Waals surface area (Å²) in [5, 5.41) is 18.3. The van der Waals surface area contributed by atoms with Gasteiger partial charge in [-0.2, -0.15) is 0 Å². The van der Waals surface area contributed by atoms with Gasteiger partial charge in [-0.15, -0.1) is 0 Å². The summed E-state index contributed by atoms with van der Waals surface area (Å²) in [4.78, 5) is 26.4. The largest absolute Gasteiger partial charge is 0.480 e. The number of likely N-dealkylation sites (tertiary alicyclic amines) is 2. The molecule has 2 heterocycles. The van der Waals surface area contributed by atoms with E-state index in [2.05, 4.69) is 9.80 Å². The molecule has 23 heavy (non-hydrogen) atoms. The molecule has 0 amide bonds. The number of carboxylic acid groups (broad SMARTS) is 2. The Hall–Kier alpha value is -1.14. The molecule has 6 heteroatoms. The van der Waals surface area contributed by atoms with Gasteiger partial charge in [-0.1, -0.05) is 19.3 Å². The van der Waals surface area contributed by atoms with Gasteiger partial charge in [-0.3, -0.25) is 19.4 Å². The van der Waals surface area contributed by atoms with Crippen LogP contribution in [0.5, 0.6) is 0 Å². The van der Waals surface area contributed by atoms with Gasteiger partial charge >= 0.3 is 11.9 Å². The van der Waals surface area contributed by atoms with Crippen LogP contribution < -0.4 is 0 Å². The summed E-state index contributed by atoms with van der Waals surface area (Å²) < 4.78 is 0. The number of hydrogen-bond donors (Lipinski definition) is 2. The first kappa shape index (κ1) is 18.2. The van der Waals surface area contributed by atoms with Crippen molar-refractivity contribution in [1.82, 2.24) is 9.80 Å². The molecule has 2 atom stereocenters. The second-order valence-corrected chi connectivity index (χ2v) is 6.83. The van der Waals surface area contributed by atoms with E-state index in [4.69, 9.17) is 10.2 Å². The second-order valence-electron chi connectivity index (χ2n) is 6.83. The van der Waals surface area contributed by atoms with Crippen LogP contribution in [-0.4, -0.2) is 70.2 Å². The Balaban J connectivity index is 1.50. The third kappa shape index (κ3) is 5.46. The molecule has 0 aliphatic carbocycles. The Morgan fingerprint density at radius 2 is 1.13 bits per heavy atom. The Bertz CT molecular complexity index is 366. The molecule has 0 radical (unpaired) electrons. The first-order chi connectivity index (χ1) is 11.1. The maximum absolute atomic E-state index is 11.1. The number of rotatable bonds is 10. The fraction of sp³-hybridized carbons (Fsp3) is 0.882. The van der Waals surface area contributed by atoms with Crippen molar-refractivity contribution in [2.45, 2.75) is 69.9 Å². The van der Waals surface area contributed by atoms with Crippen LogP contribution in [0.25, 0.3) is 0 Å². The van der Waals surface area contributed by atoms with Crippen LogP contribution in [0.15, 0.2) is 0 Å². The number of hydrogen-bond acceptors (Lipinski definition) is 4. The molecular formula is C17H30N2O4. The average molecular weight is 326 g/mol. The molecule has 0 bridgehead atoms. The zero-order valence-electron chi connectivity index (χ0n) is 14.0. The quantitative estimate of drug-likeness (QED) is 0.598. The molecule has 2 N–H and O–H groups in total. The second kappa shape index (κ2) is 9.23. The van der Waals surface area contributed by atoms with Crippen molar-refractivity contribution in [2.24, 2.45) is 0 Å². The molecule has 2 aliphatic heterocycles. The molecule has 0 aromatic rings. The van der Waals surface area contributed by atoms with Gasteiger partial charge in [-0.05, 0) is 64.7 Å². The zero-order chi connectivity index (χ0) is 16.7. The van der Waals surface area contributed by atoms with Gasteiger partial charge in [-0.25, -0.2) is 0 Å². The summed E-state index contributed by atoms with van der Waals surface area (Å²) in [6.07, 6.45) is 9.10. The Morgan fingerprint density at radius 1 is 0.739 bits per heavy atom. The van der Waals surface area contributed by atoms with Crippen molar-refractivity contribution in [3.05, 3.63) is 0 Å². The number of nitrogens with zero attached hydrogens (tertiary/aromatic N) is 2. The number of carbonyl (C=O) groups is 2. The van der Waals surface area contributed by atoms with Crippen LogP contribution in [0.1, 0.15) is 57.8 Å². The minimum absolute atomic E-state index is 0.266. The van der Waals surface area contributed by atoms with Crippen LogP contribution in [0, 0.1) is 0 Å². The van der Waals surface area contributed by atoms with Gasteiger partial charge in [0.05, 0.1) is 0 Å². The Morgan fingerprint density at radius 3 is 1.52 bits per heavy atom. The predicted molar refractivity (Wildman–Crippen MR) is 87.5 cm³/mol. The van der Waals surface area contributed by atoms with E-state index in [1.54, 1.807) is 0 Å². The minimum Gasteiger partial charge on any atom is -0.480 e. The van der Waals surface area contributed by atoms with E-state index in [0.717, 1.165) is 84.0 Å². The van der Waals surface area contributed by atoms with Crippen LogP contribution >= 0.6 is 0 Å². The van der Waals surface area contributed by atoms with Crippen molar-refractivity contribution < 1.29 is 19.8 Å². The Kier molecular flexibility index (Phi) is 7.30. The van der Waals surface area contributed by atoms with Crippen LogP contribution in [0.3, 0.4) is 0 Å². The van der Waals surface area contributed by atoms with Gasteiger partial charge in [0.25, 0.3) is 0 Å². The standard InChI is InChI=1S/C17H30N2O4/c20-16(21)14-8-6-12-18(14)10-4-2-1-3-5-11-19-13-7-9-15(19)17(22)23/h14-15H,1-13H2,(H,20,21)(H,22,23)/t14-,15-/m0/s1. The third-order valence-corrected chi connectivity index (χ3v) is 5.19. The average Bonchev–Trinajstić information content (AvgIpc) is 3.14. The summed E-state index contributed by atoms with van der Waals surface area (Å²) in [7, 11) is 0. The van der Waals surface area contributed by atoms with E-state index in [-0.39, 0.29) is 12.1 Å². The SMILES string of the molecule is O=C(O)[C@@H]1CCCN1CCCCCCCN1CCC[C@H]1C(=O)O. The van der Waals surface area contributed by atoms with Gasteiger partial charge in [0.2, 0.25) is 0 Å². The van der Waals surface area contributed by atoms with Gasteiger partial charge < -0.3 is 10.2 Å². The first-order valence-corrected chi connectivity index (χ1v) is 9.03. The molecule has 6 nitrogen and oxygen atoms in total. The molecule has 0 spiro atoms. The summed E-state index contributed by atoms with van der Waals surface area (Å²) in [6, 6.07) is -0.531. The number of aliphatic carboxylic acids is 2. The van der Waals surface area contributed by atoms with E-state index in [1.165, 1.54) is 0 Å². The lowest BCUT2D eigenvalue weighted by Gasteiger charge is -2.21. The molecule has 2 aliphatic rings. The predicted octanol–water partition coefficient (Wildman–Crippen LogP) is 2.03. The van der Waals surface area contributed by atoms with E-state index in [0.29, 0.717) is 0 Å². The summed E-state index contributed by atoms with van der Waals surface area (Å²) in [5.74, 6) is -1.36. The lowest BCUT2D eigenvalue weighted by Crippen LogP contribution is -2.36. The first-order valence-electron chi connectivity index (χ1n) is 9.03. The van der Waals surface area contributed by atoms with E-state index in [9.17, 15) is 9.59 Å². The highest BCUT2D eigenvalue weighted by molar-refractivity contribution is 5.74. The van der Waals surface area contributed by atoms with Crippen LogP contribution in [0.2, 0.25) is 0 Å². The molecule has 2 fully saturated rings. The number of carboxylic acids is 2. The van der Waals surface area contributed by atoms with Crippen LogP contribution in [-0.2, 0) is 9.59 Å². The zero-order valence-corrected chi connectivity index (χ0v) is 14.0. The maximum atomic E-state index is 11.1. The van der Waals surface area contributed by atoms with Crippen LogP contribution in [0.4, 0.5) is 0 Å². The molecule has 0 aromatic carbocycles. The lowest BCUT2D eigenvalue weighted by atomic mass is 10.1. The normalized spacial score (nSPS) is 25.9. The van der Waals surface area contributed by atoms with Gasteiger partial charge in [0.15, 0.2) is 0 Å². The fourth-order valence-electron chi connectivity index (χ4n) is 3.91. The van der Waals surface area contributed by atoms with E-state index < -0.39 is 11.9 Å². The molecule has 0 saturated carbocycles. The highest BCUT2D eigenvalue weighted by Crippen LogP contribution is 2.20. The smallest absolute Gasteiger partial charge is 0.320 e. The summed E-state index contributed by atoms with van der Waals surface area (Å²) in [5.41, 5.74) is 0. The molecule has 0 aromatic heterocycles.